The lowest BCUT2D eigenvalue weighted by molar-refractivity contribution is -0.469. The summed E-state index contributed by atoms with van der Waals surface area (Å²) in [4.78, 5) is 0. The van der Waals surface area contributed by atoms with E-state index in [1.807, 2.05) is 30.3 Å². The number of rotatable bonds is 0. The van der Waals surface area contributed by atoms with Crippen molar-refractivity contribution in [3.8, 4) is 0 Å². The molecule has 1 aromatic rings. The number of benzene rings is 1. The number of hydroxylamine groups is 1. The predicted molar refractivity (Wildman–Crippen MR) is 48.9 cm³/mol. The second kappa shape index (κ2) is 2.81. The Hall–Kier alpha value is -1.57. The van der Waals surface area contributed by atoms with Crippen LogP contribution >= 0.6 is 0 Å². The van der Waals surface area contributed by atoms with Gasteiger partial charge in [0.15, 0.2) is 12.8 Å². The minimum Gasteiger partial charge on any atom is -0.624 e. The lowest BCUT2D eigenvalue weighted by Gasteiger charge is -2.03. The van der Waals surface area contributed by atoms with Crippen molar-refractivity contribution in [2.75, 3.05) is 0 Å². The van der Waals surface area contributed by atoms with Gasteiger partial charge in [0, 0.05) is 11.6 Å². The van der Waals surface area contributed by atoms with Crippen molar-refractivity contribution >= 4 is 12.3 Å². The number of hydrogen-bond donors (Lipinski definition) is 0. The summed E-state index contributed by atoms with van der Waals surface area (Å²) in [6.45, 7) is 0.448. The molecule has 0 N–H and O–H groups in total. The molecule has 0 aliphatic carbocycles. The van der Waals surface area contributed by atoms with E-state index in [1.165, 1.54) is 0 Å². The van der Waals surface area contributed by atoms with Crippen LogP contribution in [0.4, 0.5) is 0 Å². The molecule has 0 aromatic heterocycles. The average molecular weight is 159 g/mol. The highest BCUT2D eigenvalue weighted by atomic mass is 16.5. The van der Waals surface area contributed by atoms with Crippen molar-refractivity contribution in [1.82, 2.24) is 0 Å². The van der Waals surface area contributed by atoms with Gasteiger partial charge in [-0.3, -0.25) is 0 Å². The fourth-order valence-electron chi connectivity index (χ4n) is 1.30. The van der Waals surface area contributed by atoms with Gasteiger partial charge in [-0.1, -0.05) is 24.3 Å². The number of hydrogen-bond acceptors (Lipinski definition) is 1. The van der Waals surface area contributed by atoms with E-state index in [0.29, 0.717) is 6.54 Å². The Kier molecular flexibility index (Phi) is 1.67. The maximum atomic E-state index is 11.1. The van der Waals surface area contributed by atoms with Crippen molar-refractivity contribution in [2.24, 2.45) is 0 Å². The normalized spacial score (nSPS) is 14.8. The first-order valence-corrected chi connectivity index (χ1v) is 3.89. The zero-order chi connectivity index (χ0) is 8.39. The molecular formula is C10H9NO. The van der Waals surface area contributed by atoms with E-state index in [-0.39, 0.29) is 0 Å². The average Bonchev–Trinajstić information content (AvgIpc) is 2.25. The molecule has 1 aliphatic heterocycles. The van der Waals surface area contributed by atoms with Gasteiger partial charge in [0.05, 0.1) is 0 Å². The van der Waals surface area contributed by atoms with Crippen LogP contribution in [-0.2, 0) is 6.54 Å². The van der Waals surface area contributed by atoms with Crippen LogP contribution in [0.25, 0.3) is 6.08 Å². The first kappa shape index (κ1) is 7.10. The summed E-state index contributed by atoms with van der Waals surface area (Å²) in [5.41, 5.74) is 2.21. The molecular weight excluding hydrogens is 150 g/mol. The van der Waals surface area contributed by atoms with E-state index in [4.69, 9.17) is 0 Å². The smallest absolute Gasteiger partial charge is 0.179 e. The largest absolute Gasteiger partial charge is 0.624 e. The first-order valence-electron chi connectivity index (χ1n) is 3.89. The summed E-state index contributed by atoms with van der Waals surface area (Å²) >= 11 is 0. The summed E-state index contributed by atoms with van der Waals surface area (Å²) in [6, 6.07) is 7.91. The van der Waals surface area contributed by atoms with Gasteiger partial charge in [0.2, 0.25) is 0 Å². The van der Waals surface area contributed by atoms with Crippen LogP contribution in [0.5, 0.6) is 0 Å². The van der Waals surface area contributed by atoms with Gasteiger partial charge in [-0.2, -0.15) is 0 Å². The molecule has 2 heteroatoms. The van der Waals surface area contributed by atoms with E-state index in [9.17, 15) is 5.21 Å². The molecule has 0 bridgehead atoms. The summed E-state index contributed by atoms with van der Waals surface area (Å²) in [6.07, 6.45) is 5.27. The van der Waals surface area contributed by atoms with Crippen molar-refractivity contribution in [1.29, 1.82) is 0 Å². The van der Waals surface area contributed by atoms with Crippen molar-refractivity contribution in [3.63, 3.8) is 0 Å². The third kappa shape index (κ3) is 1.23. The third-order valence-corrected chi connectivity index (χ3v) is 1.91. The van der Waals surface area contributed by atoms with Crippen molar-refractivity contribution in [3.05, 3.63) is 46.7 Å². The highest BCUT2D eigenvalue weighted by Gasteiger charge is 2.04. The summed E-state index contributed by atoms with van der Waals surface area (Å²) < 4.78 is 0.933. The van der Waals surface area contributed by atoms with Crippen LogP contribution in [0.2, 0.25) is 0 Å². The first-order chi connectivity index (χ1) is 5.86. The SMILES string of the molecule is [O-][N+]1=CC=Cc2ccccc2C1. The second-order valence-electron chi connectivity index (χ2n) is 2.78. The zero-order valence-corrected chi connectivity index (χ0v) is 6.60. The molecule has 0 fully saturated rings. The molecule has 2 nitrogen and oxygen atoms in total. The Bertz CT molecular complexity index is 353. The van der Waals surface area contributed by atoms with Crippen LogP contribution in [0.15, 0.2) is 30.3 Å². The van der Waals surface area contributed by atoms with Crippen LogP contribution in [-0.4, -0.2) is 11.0 Å². The minimum atomic E-state index is 0.448. The summed E-state index contributed by atoms with van der Waals surface area (Å²) in [5.74, 6) is 0. The van der Waals surface area contributed by atoms with E-state index in [1.54, 1.807) is 12.3 Å². The van der Waals surface area contributed by atoms with E-state index in [0.717, 1.165) is 15.9 Å². The Balaban J connectivity index is 2.49. The second-order valence-corrected chi connectivity index (χ2v) is 2.78. The van der Waals surface area contributed by atoms with Crippen LogP contribution in [0.1, 0.15) is 11.1 Å². The van der Waals surface area contributed by atoms with Gasteiger partial charge >= 0.3 is 0 Å². The quantitative estimate of drug-likeness (QED) is 0.418. The standard InChI is InChI=1S/C10H9NO/c12-11-7-3-6-9-4-1-2-5-10(9)8-11/h1-7H,8H2. The van der Waals surface area contributed by atoms with Gasteiger partial charge in [0.1, 0.15) is 0 Å². The molecule has 1 aromatic carbocycles. The Morgan fingerprint density at radius 3 is 3.00 bits per heavy atom. The molecule has 0 amide bonds. The summed E-state index contributed by atoms with van der Waals surface area (Å²) in [7, 11) is 0. The highest BCUT2D eigenvalue weighted by Crippen LogP contribution is 2.12. The van der Waals surface area contributed by atoms with E-state index >= 15 is 0 Å². The fraction of sp³-hybridized carbons (Fsp3) is 0.100. The van der Waals surface area contributed by atoms with E-state index in [2.05, 4.69) is 0 Å². The van der Waals surface area contributed by atoms with Crippen molar-refractivity contribution < 1.29 is 4.74 Å². The Morgan fingerprint density at radius 2 is 2.08 bits per heavy atom. The van der Waals surface area contributed by atoms with Gasteiger partial charge in [-0.15, -0.1) is 0 Å². The van der Waals surface area contributed by atoms with Crippen LogP contribution in [0, 0.1) is 5.21 Å². The summed E-state index contributed by atoms with van der Waals surface area (Å²) in [5, 5.41) is 11.1. The predicted octanol–water partition coefficient (Wildman–Crippen LogP) is 1.79. The monoisotopic (exact) mass is 159 g/mol. The lowest BCUT2D eigenvalue weighted by atomic mass is 10.1. The third-order valence-electron chi connectivity index (χ3n) is 1.91. The maximum Gasteiger partial charge on any atom is 0.179 e. The minimum absolute atomic E-state index is 0.448. The number of allylic oxidation sites excluding steroid dienone is 1. The molecule has 0 saturated carbocycles. The molecule has 1 heterocycles. The van der Waals surface area contributed by atoms with Gasteiger partial charge in [-0.25, -0.2) is 4.74 Å². The van der Waals surface area contributed by atoms with Gasteiger partial charge in [0.25, 0.3) is 0 Å². The molecule has 0 spiro atoms. The highest BCUT2D eigenvalue weighted by molar-refractivity contribution is 5.76. The fourth-order valence-corrected chi connectivity index (χ4v) is 1.30. The molecule has 0 unspecified atom stereocenters. The zero-order valence-electron chi connectivity index (χ0n) is 6.60. The molecule has 12 heavy (non-hydrogen) atoms. The molecule has 60 valence electrons. The number of fused-ring (bicyclic) bond motifs is 1. The Morgan fingerprint density at radius 1 is 1.25 bits per heavy atom. The molecule has 1 aliphatic rings. The van der Waals surface area contributed by atoms with Gasteiger partial charge in [-0.05, 0) is 11.6 Å². The Labute approximate surface area is 71.0 Å². The van der Waals surface area contributed by atoms with E-state index < -0.39 is 0 Å². The van der Waals surface area contributed by atoms with Gasteiger partial charge < -0.3 is 5.21 Å². The molecule has 0 atom stereocenters. The van der Waals surface area contributed by atoms with Crippen molar-refractivity contribution in [2.45, 2.75) is 6.54 Å². The maximum absolute atomic E-state index is 11.1. The molecule has 0 saturated heterocycles. The number of nitrogens with zero attached hydrogens (tertiary/aromatic N) is 1. The van der Waals surface area contributed by atoms with Crippen LogP contribution in [0.3, 0.4) is 0 Å². The topological polar surface area (TPSA) is 26.1 Å². The lowest BCUT2D eigenvalue weighted by Crippen LogP contribution is -2.02. The molecule has 2 rings (SSSR count). The molecule has 0 radical (unpaired) electrons. The van der Waals surface area contributed by atoms with Crippen LogP contribution < -0.4 is 0 Å².